The largest absolute Gasteiger partial charge is 0.465 e. The number of carbonyl (C=O) groups excluding carboxylic acids is 1. The van der Waals surface area contributed by atoms with Crippen LogP contribution in [0.2, 0.25) is 0 Å². The number of hydrogen-bond donors (Lipinski definition) is 1. The van der Waals surface area contributed by atoms with Crippen LogP contribution in [-0.2, 0) is 21.3 Å². The second kappa shape index (κ2) is 7.44. The average Bonchev–Trinajstić information content (AvgIpc) is 3.31. The molecule has 1 N–H and O–H groups in total. The molecule has 0 aliphatic heterocycles. The molecular formula is C16H14N2O4S3. The van der Waals surface area contributed by atoms with Crippen LogP contribution in [0.3, 0.4) is 0 Å². The molecule has 3 aromatic heterocycles. The summed E-state index contributed by atoms with van der Waals surface area (Å²) in [5.74, 6) is -0.668. The molecule has 0 aliphatic carbocycles. The van der Waals surface area contributed by atoms with Gasteiger partial charge >= 0.3 is 5.97 Å². The number of nitrogens with one attached hydrogen (secondary N) is 1. The standard InChI is InChI=1S/C16H14N2O4S3/c1-22-16(19)15-14(4-7-24-15)25(20,21)18-9-11-2-5-17-13(8-11)12-3-6-23-10-12/h2-8,10,18H,9H2,1H3. The lowest BCUT2D eigenvalue weighted by molar-refractivity contribution is 0.0602. The lowest BCUT2D eigenvalue weighted by Crippen LogP contribution is -2.24. The van der Waals surface area contributed by atoms with E-state index in [0.717, 1.165) is 28.2 Å². The van der Waals surface area contributed by atoms with Crippen LogP contribution < -0.4 is 4.72 Å². The van der Waals surface area contributed by atoms with Crippen molar-refractivity contribution in [1.82, 2.24) is 9.71 Å². The van der Waals surface area contributed by atoms with E-state index in [1.54, 1.807) is 29.0 Å². The Kier molecular flexibility index (Phi) is 5.28. The van der Waals surface area contributed by atoms with Gasteiger partial charge in [0.2, 0.25) is 10.0 Å². The Labute approximate surface area is 153 Å². The quantitative estimate of drug-likeness (QED) is 0.649. The van der Waals surface area contributed by atoms with Gasteiger partial charge in [-0.3, -0.25) is 4.98 Å². The van der Waals surface area contributed by atoms with E-state index >= 15 is 0 Å². The first-order chi connectivity index (χ1) is 12.0. The first-order valence-electron chi connectivity index (χ1n) is 7.14. The first-order valence-corrected chi connectivity index (χ1v) is 10.4. The van der Waals surface area contributed by atoms with E-state index in [0.29, 0.717) is 0 Å². The van der Waals surface area contributed by atoms with Crippen molar-refractivity contribution in [3.8, 4) is 11.3 Å². The number of pyridine rings is 1. The molecular weight excluding hydrogens is 380 g/mol. The van der Waals surface area contributed by atoms with Crippen molar-refractivity contribution >= 4 is 38.7 Å². The Hall–Kier alpha value is -2.07. The van der Waals surface area contributed by atoms with Crippen LogP contribution in [0.1, 0.15) is 15.2 Å². The smallest absolute Gasteiger partial charge is 0.349 e. The minimum atomic E-state index is -3.83. The third kappa shape index (κ3) is 3.96. The minimum absolute atomic E-state index is 0.0590. The number of methoxy groups -OCH3 is 1. The summed E-state index contributed by atoms with van der Waals surface area (Å²) < 4.78 is 32.1. The van der Waals surface area contributed by atoms with E-state index in [1.165, 1.54) is 13.2 Å². The van der Waals surface area contributed by atoms with Crippen LogP contribution in [0.4, 0.5) is 0 Å². The minimum Gasteiger partial charge on any atom is -0.465 e. The number of rotatable bonds is 6. The number of esters is 1. The van der Waals surface area contributed by atoms with Crippen LogP contribution in [0, 0.1) is 0 Å². The molecule has 0 radical (unpaired) electrons. The summed E-state index contributed by atoms with van der Waals surface area (Å²) in [6.07, 6.45) is 1.64. The second-order valence-corrected chi connectivity index (χ2v) is 8.42. The number of hydrogen-bond acceptors (Lipinski definition) is 7. The predicted octanol–water partition coefficient (Wildman–Crippen LogP) is 3.14. The molecule has 0 saturated carbocycles. The molecule has 0 aliphatic rings. The maximum absolute atomic E-state index is 12.5. The molecule has 130 valence electrons. The number of carbonyl (C=O) groups is 1. The molecule has 0 unspecified atom stereocenters. The molecule has 3 rings (SSSR count). The Morgan fingerprint density at radius 1 is 1.28 bits per heavy atom. The summed E-state index contributed by atoms with van der Waals surface area (Å²) >= 11 is 2.60. The monoisotopic (exact) mass is 394 g/mol. The highest BCUT2D eigenvalue weighted by atomic mass is 32.2. The zero-order chi connectivity index (χ0) is 17.9. The van der Waals surface area contributed by atoms with Crippen molar-refractivity contribution in [3.05, 3.63) is 57.0 Å². The van der Waals surface area contributed by atoms with Crippen molar-refractivity contribution in [3.63, 3.8) is 0 Å². The second-order valence-electron chi connectivity index (χ2n) is 4.99. The fourth-order valence-corrected chi connectivity index (χ4v) is 5.16. The van der Waals surface area contributed by atoms with Gasteiger partial charge < -0.3 is 4.74 Å². The predicted molar refractivity (Wildman–Crippen MR) is 97.2 cm³/mol. The van der Waals surface area contributed by atoms with Crippen LogP contribution in [-0.4, -0.2) is 26.5 Å². The van der Waals surface area contributed by atoms with Crippen molar-refractivity contribution in [1.29, 1.82) is 0 Å². The fraction of sp³-hybridized carbons (Fsp3) is 0.125. The highest BCUT2D eigenvalue weighted by Crippen LogP contribution is 2.24. The van der Waals surface area contributed by atoms with Gasteiger partial charge in [-0.25, -0.2) is 17.9 Å². The Bertz CT molecular complexity index is 978. The summed E-state index contributed by atoms with van der Waals surface area (Å²) in [7, 11) is -2.61. The molecule has 25 heavy (non-hydrogen) atoms. The summed E-state index contributed by atoms with van der Waals surface area (Å²) in [6, 6.07) is 6.92. The molecule has 3 heterocycles. The molecule has 3 aromatic rings. The van der Waals surface area contributed by atoms with Crippen LogP contribution in [0.15, 0.2) is 51.5 Å². The number of nitrogens with zero attached hydrogens (tertiary/aromatic N) is 1. The van der Waals surface area contributed by atoms with Gasteiger partial charge in [-0.15, -0.1) is 11.3 Å². The van der Waals surface area contributed by atoms with E-state index in [9.17, 15) is 13.2 Å². The Balaban J connectivity index is 1.78. The fourth-order valence-electron chi connectivity index (χ4n) is 2.16. The van der Waals surface area contributed by atoms with Gasteiger partial charge in [0.1, 0.15) is 9.77 Å². The summed E-state index contributed by atoms with van der Waals surface area (Å²) in [5.41, 5.74) is 2.54. The summed E-state index contributed by atoms with van der Waals surface area (Å²) in [5, 5.41) is 5.48. The molecule has 0 amide bonds. The molecule has 0 fully saturated rings. The normalized spacial score (nSPS) is 11.4. The molecule has 6 nitrogen and oxygen atoms in total. The highest BCUT2D eigenvalue weighted by Gasteiger charge is 2.24. The SMILES string of the molecule is COC(=O)c1sccc1S(=O)(=O)NCc1ccnc(-c2ccsc2)c1. The number of ether oxygens (including phenoxy) is 1. The third-order valence-electron chi connectivity index (χ3n) is 3.40. The van der Waals surface area contributed by atoms with Gasteiger partial charge in [0, 0.05) is 23.7 Å². The van der Waals surface area contributed by atoms with Gasteiger partial charge in [-0.1, -0.05) is 0 Å². The molecule has 0 aromatic carbocycles. The van der Waals surface area contributed by atoms with E-state index < -0.39 is 16.0 Å². The van der Waals surface area contributed by atoms with Crippen LogP contribution >= 0.6 is 22.7 Å². The molecule has 0 atom stereocenters. The summed E-state index contributed by atoms with van der Waals surface area (Å²) in [6.45, 7) is 0.0957. The van der Waals surface area contributed by atoms with Gasteiger partial charge in [-0.05, 0) is 40.6 Å². The van der Waals surface area contributed by atoms with E-state index in [-0.39, 0.29) is 16.3 Å². The van der Waals surface area contributed by atoms with E-state index in [2.05, 4.69) is 14.4 Å². The van der Waals surface area contributed by atoms with Crippen molar-refractivity contribution in [2.45, 2.75) is 11.4 Å². The third-order valence-corrected chi connectivity index (χ3v) is 6.55. The van der Waals surface area contributed by atoms with Gasteiger partial charge in [0.25, 0.3) is 0 Å². The maximum Gasteiger partial charge on any atom is 0.349 e. The van der Waals surface area contributed by atoms with E-state index in [1.807, 2.05) is 22.9 Å². The van der Waals surface area contributed by atoms with Crippen molar-refractivity contribution < 1.29 is 17.9 Å². The molecule has 9 heteroatoms. The van der Waals surface area contributed by atoms with E-state index in [4.69, 9.17) is 0 Å². The maximum atomic E-state index is 12.5. The topological polar surface area (TPSA) is 85.4 Å². The Morgan fingerprint density at radius 3 is 2.84 bits per heavy atom. The molecule has 0 saturated heterocycles. The average molecular weight is 394 g/mol. The molecule has 0 spiro atoms. The van der Waals surface area contributed by atoms with Gasteiger partial charge in [-0.2, -0.15) is 11.3 Å². The molecule has 0 bridgehead atoms. The lowest BCUT2D eigenvalue weighted by atomic mass is 10.1. The highest BCUT2D eigenvalue weighted by molar-refractivity contribution is 7.89. The van der Waals surface area contributed by atoms with Crippen molar-refractivity contribution in [2.24, 2.45) is 0 Å². The number of thiophene rings is 2. The number of sulfonamides is 1. The lowest BCUT2D eigenvalue weighted by Gasteiger charge is -2.08. The van der Waals surface area contributed by atoms with Gasteiger partial charge in [0.05, 0.1) is 12.8 Å². The number of aromatic nitrogens is 1. The summed E-state index contributed by atoms with van der Waals surface area (Å²) in [4.78, 5) is 16.0. The van der Waals surface area contributed by atoms with Gasteiger partial charge in [0.15, 0.2) is 0 Å². The Morgan fingerprint density at radius 2 is 2.12 bits per heavy atom. The zero-order valence-corrected chi connectivity index (χ0v) is 15.6. The zero-order valence-electron chi connectivity index (χ0n) is 13.1. The first kappa shape index (κ1) is 17.7. The van der Waals surface area contributed by atoms with Crippen LogP contribution in [0.5, 0.6) is 0 Å². The van der Waals surface area contributed by atoms with Crippen LogP contribution in [0.25, 0.3) is 11.3 Å². The van der Waals surface area contributed by atoms with Crippen molar-refractivity contribution in [2.75, 3.05) is 7.11 Å².